The van der Waals surface area contributed by atoms with Crippen molar-refractivity contribution in [2.24, 2.45) is 0 Å². The normalized spacial score (nSPS) is 15.9. The van der Waals surface area contributed by atoms with Crippen LogP contribution in [0.15, 0.2) is 29.6 Å². The van der Waals surface area contributed by atoms with Crippen LogP contribution in [0.5, 0.6) is 5.75 Å². The first-order valence-corrected chi connectivity index (χ1v) is 11.5. The second-order valence-electron chi connectivity index (χ2n) is 8.23. The summed E-state index contributed by atoms with van der Waals surface area (Å²) in [6, 6.07) is 8.08. The molecule has 1 fully saturated rings. The van der Waals surface area contributed by atoms with E-state index in [1.807, 2.05) is 31.4 Å². The molecule has 1 aliphatic rings. The second kappa shape index (κ2) is 9.24. The van der Waals surface area contributed by atoms with Gasteiger partial charge in [0.15, 0.2) is 11.7 Å². The van der Waals surface area contributed by atoms with E-state index < -0.39 is 0 Å². The third-order valence-corrected chi connectivity index (χ3v) is 6.33. The Balaban J connectivity index is 1.39. The SMILES string of the molecule is Cc1cc(C)cc(OCC(=O)Nc2nc(-c3cc(C)n(CC4CCCO4)c3C)cs2)c1. The highest BCUT2D eigenvalue weighted by Gasteiger charge is 2.20. The van der Waals surface area contributed by atoms with Gasteiger partial charge in [-0.15, -0.1) is 11.3 Å². The second-order valence-corrected chi connectivity index (χ2v) is 9.09. The zero-order valence-electron chi connectivity index (χ0n) is 18.5. The van der Waals surface area contributed by atoms with Gasteiger partial charge in [-0.25, -0.2) is 4.98 Å². The first-order valence-electron chi connectivity index (χ1n) is 10.6. The number of carbonyl (C=O) groups is 1. The number of benzene rings is 1. The van der Waals surface area contributed by atoms with E-state index in [2.05, 4.69) is 40.8 Å². The number of nitrogens with one attached hydrogen (secondary N) is 1. The highest BCUT2D eigenvalue weighted by molar-refractivity contribution is 7.14. The van der Waals surface area contributed by atoms with Crippen LogP contribution in [0.3, 0.4) is 0 Å². The fraction of sp³-hybridized carbons (Fsp3) is 0.417. The number of nitrogens with zero attached hydrogens (tertiary/aromatic N) is 2. The molecule has 3 heterocycles. The fourth-order valence-electron chi connectivity index (χ4n) is 4.11. The van der Waals surface area contributed by atoms with Crippen LogP contribution in [-0.4, -0.2) is 34.8 Å². The van der Waals surface area contributed by atoms with E-state index in [1.165, 1.54) is 22.7 Å². The Morgan fingerprint density at radius 1 is 1.23 bits per heavy atom. The predicted octanol–water partition coefficient (Wildman–Crippen LogP) is 5.04. The van der Waals surface area contributed by atoms with E-state index in [4.69, 9.17) is 9.47 Å². The van der Waals surface area contributed by atoms with E-state index >= 15 is 0 Å². The smallest absolute Gasteiger partial charge is 0.264 e. The summed E-state index contributed by atoms with van der Waals surface area (Å²) < 4.78 is 13.8. The van der Waals surface area contributed by atoms with Crippen molar-refractivity contribution in [3.63, 3.8) is 0 Å². The average molecular weight is 440 g/mol. The number of thiazole rings is 1. The molecule has 4 rings (SSSR count). The maximum atomic E-state index is 12.3. The fourth-order valence-corrected chi connectivity index (χ4v) is 4.84. The van der Waals surface area contributed by atoms with Crippen molar-refractivity contribution in [3.05, 3.63) is 52.2 Å². The first-order chi connectivity index (χ1) is 14.9. The van der Waals surface area contributed by atoms with E-state index in [1.54, 1.807) is 0 Å². The summed E-state index contributed by atoms with van der Waals surface area (Å²) in [5.41, 5.74) is 6.56. The molecule has 3 aromatic rings. The van der Waals surface area contributed by atoms with Gasteiger partial charge in [0, 0.05) is 35.5 Å². The maximum absolute atomic E-state index is 12.3. The van der Waals surface area contributed by atoms with Crippen molar-refractivity contribution in [1.29, 1.82) is 0 Å². The number of anilines is 1. The number of aromatic nitrogens is 2. The largest absolute Gasteiger partial charge is 0.484 e. The summed E-state index contributed by atoms with van der Waals surface area (Å²) in [5.74, 6) is 0.482. The van der Waals surface area contributed by atoms with Gasteiger partial charge in [-0.1, -0.05) is 6.07 Å². The Kier molecular flexibility index (Phi) is 6.43. The number of hydrogen-bond acceptors (Lipinski definition) is 5. The van der Waals surface area contributed by atoms with Crippen molar-refractivity contribution in [2.45, 2.75) is 53.2 Å². The topological polar surface area (TPSA) is 65.4 Å². The summed E-state index contributed by atoms with van der Waals surface area (Å²) in [7, 11) is 0. The molecule has 6 nitrogen and oxygen atoms in total. The molecule has 1 saturated heterocycles. The van der Waals surface area contributed by atoms with Crippen LogP contribution in [0.4, 0.5) is 5.13 Å². The molecule has 2 aromatic heterocycles. The minimum atomic E-state index is -0.219. The van der Waals surface area contributed by atoms with Crippen LogP contribution >= 0.6 is 11.3 Å². The zero-order valence-corrected chi connectivity index (χ0v) is 19.3. The van der Waals surface area contributed by atoms with Crippen LogP contribution in [0, 0.1) is 27.7 Å². The molecule has 1 aliphatic heterocycles. The molecule has 1 N–H and O–H groups in total. The van der Waals surface area contributed by atoms with Crippen molar-refractivity contribution >= 4 is 22.4 Å². The lowest BCUT2D eigenvalue weighted by Crippen LogP contribution is -2.20. The molecule has 0 bridgehead atoms. The maximum Gasteiger partial charge on any atom is 0.264 e. The third-order valence-electron chi connectivity index (χ3n) is 5.58. The molecule has 0 aliphatic carbocycles. The molecule has 0 saturated carbocycles. The van der Waals surface area contributed by atoms with Gasteiger partial charge in [-0.05, 0) is 69.9 Å². The average Bonchev–Trinajstić information content (AvgIpc) is 3.44. The van der Waals surface area contributed by atoms with E-state index in [0.717, 1.165) is 48.4 Å². The van der Waals surface area contributed by atoms with Gasteiger partial charge in [0.25, 0.3) is 5.91 Å². The third kappa shape index (κ3) is 5.17. The molecule has 0 spiro atoms. The monoisotopic (exact) mass is 439 g/mol. The Bertz CT molecular complexity index is 1060. The van der Waals surface area contributed by atoms with Gasteiger partial charge in [0.2, 0.25) is 0 Å². The lowest BCUT2D eigenvalue weighted by Gasteiger charge is -2.14. The van der Waals surface area contributed by atoms with Crippen molar-refractivity contribution in [1.82, 2.24) is 9.55 Å². The standard InChI is InChI=1S/C24H29N3O3S/c1-15-8-16(2)10-20(9-15)30-13-23(28)26-24-25-22(14-31-24)21-11-17(3)27(18(21)4)12-19-6-5-7-29-19/h8-11,14,19H,5-7,12-13H2,1-4H3,(H,25,26,28). The highest BCUT2D eigenvalue weighted by Crippen LogP contribution is 2.31. The summed E-state index contributed by atoms with van der Waals surface area (Å²) in [4.78, 5) is 17.0. The van der Waals surface area contributed by atoms with Gasteiger partial charge in [0.1, 0.15) is 5.75 Å². The molecule has 1 atom stereocenters. The van der Waals surface area contributed by atoms with E-state index in [-0.39, 0.29) is 12.5 Å². The van der Waals surface area contributed by atoms with Gasteiger partial charge in [0.05, 0.1) is 11.8 Å². The molecule has 0 radical (unpaired) electrons. The Hall–Kier alpha value is -2.64. The number of rotatable bonds is 7. The Morgan fingerprint density at radius 2 is 2.00 bits per heavy atom. The molecule has 1 aromatic carbocycles. The summed E-state index contributed by atoms with van der Waals surface area (Å²) in [5, 5.41) is 5.41. The van der Waals surface area contributed by atoms with Gasteiger partial charge in [-0.2, -0.15) is 0 Å². The highest BCUT2D eigenvalue weighted by atomic mass is 32.1. The lowest BCUT2D eigenvalue weighted by molar-refractivity contribution is -0.118. The van der Waals surface area contributed by atoms with Gasteiger partial charge >= 0.3 is 0 Å². The van der Waals surface area contributed by atoms with E-state index in [9.17, 15) is 4.79 Å². The predicted molar refractivity (Wildman–Crippen MR) is 124 cm³/mol. The van der Waals surface area contributed by atoms with Crippen LogP contribution in [0.1, 0.15) is 35.4 Å². The Labute approximate surface area is 187 Å². The minimum absolute atomic E-state index is 0.0479. The molecular formula is C24H29N3O3S. The summed E-state index contributed by atoms with van der Waals surface area (Å²) >= 11 is 1.42. The Morgan fingerprint density at radius 3 is 2.71 bits per heavy atom. The van der Waals surface area contributed by atoms with Crippen LogP contribution in [-0.2, 0) is 16.1 Å². The van der Waals surface area contributed by atoms with E-state index in [0.29, 0.717) is 17.0 Å². The van der Waals surface area contributed by atoms with Crippen LogP contribution < -0.4 is 10.1 Å². The number of hydrogen-bond donors (Lipinski definition) is 1. The van der Waals surface area contributed by atoms with Crippen molar-refractivity contribution in [3.8, 4) is 17.0 Å². The van der Waals surface area contributed by atoms with Crippen molar-refractivity contribution < 1.29 is 14.3 Å². The first kappa shape index (κ1) is 21.6. The number of carbonyl (C=O) groups excluding carboxylic acids is 1. The summed E-state index contributed by atoms with van der Waals surface area (Å²) in [6.07, 6.45) is 2.54. The van der Waals surface area contributed by atoms with Crippen molar-refractivity contribution in [2.75, 3.05) is 18.5 Å². The van der Waals surface area contributed by atoms with Crippen LogP contribution in [0.2, 0.25) is 0 Å². The molecule has 1 amide bonds. The summed E-state index contributed by atoms with van der Waals surface area (Å²) in [6.45, 7) is 9.94. The molecular weight excluding hydrogens is 410 g/mol. The minimum Gasteiger partial charge on any atom is -0.484 e. The number of ether oxygens (including phenoxy) is 2. The molecule has 31 heavy (non-hydrogen) atoms. The zero-order chi connectivity index (χ0) is 22.0. The molecule has 1 unspecified atom stereocenters. The van der Waals surface area contributed by atoms with Gasteiger partial charge < -0.3 is 14.0 Å². The lowest BCUT2D eigenvalue weighted by atomic mass is 10.1. The number of amides is 1. The van der Waals surface area contributed by atoms with Gasteiger partial charge in [-0.3, -0.25) is 10.1 Å². The quantitative estimate of drug-likeness (QED) is 0.560. The molecule has 7 heteroatoms. The van der Waals surface area contributed by atoms with Crippen LogP contribution in [0.25, 0.3) is 11.3 Å². The number of aryl methyl sites for hydroxylation is 3. The molecule has 164 valence electrons.